The molecule has 3 aliphatic heterocycles. The molecule has 0 bridgehead atoms. The van der Waals surface area contributed by atoms with Crippen LogP contribution in [0.3, 0.4) is 0 Å². The molecule has 49 heavy (non-hydrogen) atoms. The Kier molecular flexibility index (Phi) is 9.92. The van der Waals surface area contributed by atoms with Crippen molar-refractivity contribution in [3.63, 3.8) is 0 Å². The monoisotopic (exact) mass is 674 g/mol. The Labute approximate surface area is 285 Å². The van der Waals surface area contributed by atoms with Gasteiger partial charge in [-0.1, -0.05) is 6.58 Å². The maximum Gasteiger partial charge on any atom is 0.247 e. The van der Waals surface area contributed by atoms with Gasteiger partial charge in [-0.05, 0) is 75.0 Å². The first-order valence-electron chi connectivity index (χ1n) is 17.2. The second kappa shape index (κ2) is 14.7. The van der Waals surface area contributed by atoms with E-state index in [9.17, 15) is 13.6 Å². The van der Waals surface area contributed by atoms with Gasteiger partial charge in [-0.3, -0.25) is 19.4 Å². The van der Waals surface area contributed by atoms with Gasteiger partial charge in [0, 0.05) is 62.9 Å². The first-order chi connectivity index (χ1) is 23.9. The number of amides is 1. The van der Waals surface area contributed by atoms with Crippen molar-refractivity contribution in [1.82, 2.24) is 19.8 Å². The third-order valence-corrected chi connectivity index (χ3v) is 10.0. The Bertz CT molecular complexity index is 1640. The van der Waals surface area contributed by atoms with E-state index in [0.29, 0.717) is 53.4 Å². The van der Waals surface area contributed by atoms with E-state index in [1.165, 1.54) is 56.9 Å². The number of hydroxylamine groups is 1. The van der Waals surface area contributed by atoms with Gasteiger partial charge in [-0.25, -0.2) is 23.8 Å². The van der Waals surface area contributed by atoms with Gasteiger partial charge in [-0.2, -0.15) is 0 Å². The second-order valence-electron chi connectivity index (χ2n) is 13.2. The zero-order chi connectivity index (χ0) is 33.9. The molecule has 260 valence electrons. The number of ether oxygens (including phenoxy) is 1. The third-order valence-electron chi connectivity index (χ3n) is 10.0. The second-order valence-corrected chi connectivity index (χ2v) is 13.2. The summed E-state index contributed by atoms with van der Waals surface area (Å²) < 4.78 is 33.9. The number of benzene rings is 2. The van der Waals surface area contributed by atoms with Crippen LogP contribution in [-0.2, 0) is 9.63 Å². The van der Waals surface area contributed by atoms with E-state index in [1.807, 2.05) is 12.1 Å². The van der Waals surface area contributed by atoms with Crippen molar-refractivity contribution in [2.45, 2.75) is 56.7 Å². The lowest BCUT2D eigenvalue weighted by molar-refractivity contribution is -0.111. The van der Waals surface area contributed by atoms with Gasteiger partial charge in [0.1, 0.15) is 29.5 Å². The highest BCUT2D eigenvalue weighted by molar-refractivity contribution is 6.02. The standard InChI is InChI=1S/C36H44F2N8O3/c1-3-36(47)42-29-20-30(41-34-22-35(40-23-39-34)46-31(9-16-49-46)24-17-25(37)19-26(38)18-24)33(48-2)21-32(29)45-12-7-28(8-13-45)44-11-4-10-43(14-15-44)27-5-6-27/h3,17-23,27-28,31H,1,4-16H2,2H3,(H,42,47)(H,39,40,41). The molecule has 13 heteroatoms. The average Bonchev–Trinajstić information content (AvgIpc) is 3.88. The third kappa shape index (κ3) is 7.63. The summed E-state index contributed by atoms with van der Waals surface area (Å²) in [5, 5.41) is 7.86. The van der Waals surface area contributed by atoms with Crippen molar-refractivity contribution >= 4 is 34.6 Å². The number of hydrogen-bond donors (Lipinski definition) is 2. The molecule has 3 saturated heterocycles. The van der Waals surface area contributed by atoms with Crippen molar-refractivity contribution in [3.8, 4) is 5.75 Å². The van der Waals surface area contributed by atoms with Crippen LogP contribution in [0.25, 0.3) is 0 Å². The minimum Gasteiger partial charge on any atom is -0.494 e. The predicted octanol–water partition coefficient (Wildman–Crippen LogP) is 5.65. The SMILES string of the molecule is C=CC(=O)Nc1cc(Nc2cc(N3OCCC3c3cc(F)cc(F)c3)ncn2)c(OC)cc1N1CCC(N2CCCN(C3CC3)CC2)CC1. The van der Waals surface area contributed by atoms with Crippen LogP contribution in [0.15, 0.2) is 55.4 Å². The number of rotatable bonds is 10. The fourth-order valence-electron chi connectivity index (χ4n) is 7.42. The van der Waals surface area contributed by atoms with Gasteiger partial charge in [0.25, 0.3) is 0 Å². The molecule has 4 aliphatic rings. The van der Waals surface area contributed by atoms with Crippen LogP contribution < -0.4 is 25.3 Å². The van der Waals surface area contributed by atoms with E-state index in [4.69, 9.17) is 9.57 Å². The van der Waals surface area contributed by atoms with Crippen molar-refractivity contribution < 1.29 is 23.1 Å². The van der Waals surface area contributed by atoms with Crippen LogP contribution >= 0.6 is 0 Å². The molecule has 1 atom stereocenters. The summed E-state index contributed by atoms with van der Waals surface area (Å²) in [5.41, 5.74) is 2.55. The number of carbonyl (C=O) groups is 1. The summed E-state index contributed by atoms with van der Waals surface area (Å²) in [4.78, 5) is 34.9. The molecule has 7 rings (SSSR count). The van der Waals surface area contributed by atoms with Gasteiger partial charge in [-0.15, -0.1) is 0 Å². The molecule has 1 aliphatic carbocycles. The summed E-state index contributed by atoms with van der Waals surface area (Å²) in [7, 11) is 1.61. The molecule has 4 heterocycles. The largest absolute Gasteiger partial charge is 0.494 e. The summed E-state index contributed by atoms with van der Waals surface area (Å²) in [5.74, 6) is -0.171. The lowest BCUT2D eigenvalue weighted by atomic mass is 10.0. The number of hydrogen-bond acceptors (Lipinski definition) is 10. The number of aromatic nitrogens is 2. The van der Waals surface area contributed by atoms with Crippen LogP contribution in [0.5, 0.6) is 5.75 Å². The summed E-state index contributed by atoms with van der Waals surface area (Å²) in [6.07, 6.45) is 9.22. The highest BCUT2D eigenvalue weighted by Crippen LogP contribution is 2.41. The predicted molar refractivity (Wildman–Crippen MR) is 185 cm³/mol. The molecule has 11 nitrogen and oxygen atoms in total. The topological polar surface area (TPSA) is 98.3 Å². The highest BCUT2D eigenvalue weighted by Gasteiger charge is 2.33. The van der Waals surface area contributed by atoms with Crippen molar-refractivity contribution in [3.05, 3.63) is 72.6 Å². The maximum atomic E-state index is 14.0. The Morgan fingerprint density at radius 1 is 0.898 bits per heavy atom. The van der Waals surface area contributed by atoms with Crippen LogP contribution in [0.1, 0.15) is 50.1 Å². The molecule has 1 amide bonds. The minimum absolute atomic E-state index is 0.313. The Balaban J connectivity index is 1.08. The molecule has 0 radical (unpaired) electrons. The van der Waals surface area contributed by atoms with Crippen molar-refractivity contribution in [2.24, 2.45) is 0 Å². The molecule has 2 N–H and O–H groups in total. The molecular formula is C36H44F2N8O3. The van der Waals surface area contributed by atoms with E-state index in [0.717, 1.165) is 56.8 Å². The number of methoxy groups -OCH3 is 1. The lowest BCUT2D eigenvalue weighted by Gasteiger charge is -2.40. The molecular weight excluding hydrogens is 630 g/mol. The van der Waals surface area contributed by atoms with E-state index in [-0.39, 0.29) is 5.91 Å². The number of anilines is 5. The van der Waals surface area contributed by atoms with E-state index < -0.39 is 17.7 Å². The van der Waals surface area contributed by atoms with E-state index in [2.05, 4.69) is 41.9 Å². The zero-order valence-electron chi connectivity index (χ0n) is 27.9. The normalized spacial score (nSPS) is 21.0. The molecule has 4 fully saturated rings. The molecule has 2 aromatic carbocycles. The van der Waals surface area contributed by atoms with Gasteiger partial charge >= 0.3 is 0 Å². The molecule has 3 aromatic rings. The van der Waals surface area contributed by atoms with Gasteiger partial charge in [0.15, 0.2) is 5.82 Å². The number of nitrogens with one attached hydrogen (secondary N) is 2. The van der Waals surface area contributed by atoms with Crippen molar-refractivity contribution in [2.75, 3.05) is 73.6 Å². The molecule has 0 spiro atoms. The van der Waals surface area contributed by atoms with Crippen LogP contribution in [0, 0.1) is 11.6 Å². The Hall–Kier alpha value is -4.33. The first-order valence-corrected chi connectivity index (χ1v) is 17.2. The minimum atomic E-state index is -0.649. The van der Waals surface area contributed by atoms with Gasteiger partial charge in [0.2, 0.25) is 5.91 Å². The van der Waals surface area contributed by atoms with Crippen molar-refractivity contribution in [1.29, 1.82) is 0 Å². The van der Waals surface area contributed by atoms with Gasteiger partial charge < -0.3 is 20.3 Å². The Morgan fingerprint density at radius 3 is 2.29 bits per heavy atom. The molecule has 1 unspecified atom stereocenters. The number of piperidine rings is 1. The lowest BCUT2D eigenvalue weighted by Crippen LogP contribution is -2.46. The molecule has 1 saturated carbocycles. The zero-order valence-corrected chi connectivity index (χ0v) is 27.9. The Morgan fingerprint density at radius 2 is 1.61 bits per heavy atom. The fourth-order valence-corrected chi connectivity index (χ4v) is 7.42. The average molecular weight is 675 g/mol. The fraction of sp³-hybridized carbons (Fsp3) is 0.472. The van der Waals surface area contributed by atoms with Crippen LogP contribution in [-0.4, -0.2) is 90.7 Å². The molecule has 1 aromatic heterocycles. The summed E-state index contributed by atoms with van der Waals surface area (Å²) >= 11 is 0. The van der Waals surface area contributed by atoms with Crippen LogP contribution in [0.4, 0.5) is 37.5 Å². The van der Waals surface area contributed by atoms with Gasteiger partial charge in [0.05, 0.1) is 36.8 Å². The first kappa shape index (κ1) is 33.2. The summed E-state index contributed by atoms with van der Waals surface area (Å²) in [6, 6.07) is 9.89. The highest BCUT2D eigenvalue weighted by atomic mass is 19.1. The number of carbonyl (C=O) groups excluding carboxylic acids is 1. The smallest absolute Gasteiger partial charge is 0.247 e. The maximum absolute atomic E-state index is 14.0. The van der Waals surface area contributed by atoms with Crippen LogP contribution in [0.2, 0.25) is 0 Å². The number of halogens is 2. The summed E-state index contributed by atoms with van der Waals surface area (Å²) in [6.45, 7) is 10.4. The van der Waals surface area contributed by atoms with E-state index in [1.54, 1.807) is 18.2 Å². The quantitative estimate of drug-likeness (QED) is 0.263. The van der Waals surface area contributed by atoms with E-state index >= 15 is 0 Å². The number of nitrogens with zero attached hydrogens (tertiary/aromatic N) is 6.